The summed E-state index contributed by atoms with van der Waals surface area (Å²) in [7, 11) is 0. The molecule has 4 rings (SSSR count). The largest absolute Gasteiger partial charge is 0.476 e. The third kappa shape index (κ3) is 4.99. The van der Waals surface area contributed by atoms with E-state index < -0.39 is 24.0 Å². The highest BCUT2D eigenvalue weighted by molar-refractivity contribution is 7.09. The van der Waals surface area contributed by atoms with Gasteiger partial charge in [-0.15, -0.1) is 17.9 Å². The Morgan fingerprint density at radius 1 is 1.12 bits per heavy atom. The van der Waals surface area contributed by atoms with Crippen LogP contribution in [0.1, 0.15) is 39.0 Å². The van der Waals surface area contributed by atoms with Crippen LogP contribution in [0.4, 0.5) is 4.79 Å². The second-order valence-electron chi connectivity index (χ2n) is 7.70. The fourth-order valence-electron chi connectivity index (χ4n) is 3.96. The summed E-state index contributed by atoms with van der Waals surface area (Å²) < 4.78 is 5.52. The Morgan fingerprint density at radius 3 is 2.35 bits per heavy atom. The lowest BCUT2D eigenvalue weighted by Crippen LogP contribution is -2.46. The molecule has 9 heteroatoms. The number of aromatic nitrogens is 1. The Kier molecular flexibility index (Phi) is 7.03. The molecule has 0 bridgehead atoms. The summed E-state index contributed by atoms with van der Waals surface area (Å²) in [5.74, 6) is -1.66. The Morgan fingerprint density at radius 2 is 1.76 bits per heavy atom. The molecule has 1 atom stereocenters. The van der Waals surface area contributed by atoms with Gasteiger partial charge in [-0.05, 0) is 28.7 Å². The molecule has 2 amide bonds. The topological polar surface area (TPSA) is 118 Å². The van der Waals surface area contributed by atoms with Crippen molar-refractivity contribution in [2.45, 2.75) is 24.9 Å². The molecule has 1 aromatic heterocycles. The van der Waals surface area contributed by atoms with Crippen LogP contribution in [0.25, 0.3) is 11.1 Å². The predicted molar refractivity (Wildman–Crippen MR) is 128 cm³/mol. The predicted octanol–water partition coefficient (Wildman–Crippen LogP) is 3.94. The van der Waals surface area contributed by atoms with Gasteiger partial charge in [-0.3, -0.25) is 4.79 Å². The number of rotatable bonds is 9. The number of alkyl carbamates (subject to hydrolysis) is 1. The van der Waals surface area contributed by atoms with Crippen LogP contribution in [0.3, 0.4) is 0 Å². The SMILES string of the molecule is C=CCC(NC(=O)OCC1c2ccccc2-c2ccccc21)C(=O)NCc1nc(C(=O)O)cs1. The first kappa shape index (κ1) is 23.2. The van der Waals surface area contributed by atoms with Crippen LogP contribution < -0.4 is 10.6 Å². The first-order chi connectivity index (χ1) is 16.5. The molecule has 0 saturated heterocycles. The Hall–Kier alpha value is -3.98. The number of thiazole rings is 1. The molecule has 34 heavy (non-hydrogen) atoms. The van der Waals surface area contributed by atoms with Gasteiger partial charge < -0.3 is 20.5 Å². The quantitative estimate of drug-likeness (QED) is 0.402. The van der Waals surface area contributed by atoms with Gasteiger partial charge >= 0.3 is 12.1 Å². The standard InChI is InChI=1S/C25H23N3O5S/c1-2-7-20(23(29)26-12-22-27-21(14-34-22)24(30)31)28-25(32)33-13-19-17-10-5-3-8-15(17)16-9-4-6-11-18(16)19/h2-6,8-11,14,19-20H,1,7,12-13H2,(H,26,29)(H,28,32)(H,30,31). The van der Waals surface area contributed by atoms with Crippen molar-refractivity contribution in [1.82, 2.24) is 15.6 Å². The highest BCUT2D eigenvalue weighted by Gasteiger charge is 2.29. The van der Waals surface area contributed by atoms with E-state index in [0.717, 1.165) is 33.6 Å². The normalized spacial score (nSPS) is 12.8. The fraction of sp³-hybridized carbons (Fsp3) is 0.200. The van der Waals surface area contributed by atoms with E-state index in [2.05, 4.69) is 34.3 Å². The lowest BCUT2D eigenvalue weighted by molar-refractivity contribution is -0.123. The molecule has 0 aliphatic heterocycles. The average molecular weight is 478 g/mol. The third-order valence-corrected chi connectivity index (χ3v) is 6.39. The maximum Gasteiger partial charge on any atom is 0.407 e. The van der Waals surface area contributed by atoms with E-state index in [0.29, 0.717) is 5.01 Å². The Bertz CT molecular complexity index is 1190. The summed E-state index contributed by atoms with van der Waals surface area (Å²) in [6, 6.07) is 15.2. The van der Waals surface area contributed by atoms with Gasteiger partial charge in [-0.25, -0.2) is 14.6 Å². The summed E-state index contributed by atoms with van der Waals surface area (Å²) in [6.45, 7) is 3.83. The number of hydrogen-bond acceptors (Lipinski definition) is 6. The summed E-state index contributed by atoms with van der Waals surface area (Å²) in [5, 5.41) is 16.1. The number of benzene rings is 2. The van der Waals surface area contributed by atoms with Gasteiger partial charge in [0.05, 0.1) is 6.54 Å². The van der Waals surface area contributed by atoms with E-state index in [1.807, 2.05) is 36.4 Å². The van der Waals surface area contributed by atoms with Crippen molar-refractivity contribution in [3.05, 3.63) is 88.4 Å². The van der Waals surface area contributed by atoms with Gasteiger partial charge in [0.25, 0.3) is 0 Å². The van der Waals surface area contributed by atoms with E-state index in [-0.39, 0.29) is 31.2 Å². The number of carbonyl (C=O) groups is 3. The number of fused-ring (bicyclic) bond motifs is 3. The van der Waals surface area contributed by atoms with Crippen LogP contribution in [0.5, 0.6) is 0 Å². The van der Waals surface area contributed by atoms with Crippen molar-refractivity contribution in [2.75, 3.05) is 6.61 Å². The van der Waals surface area contributed by atoms with E-state index in [9.17, 15) is 14.4 Å². The molecule has 3 aromatic rings. The van der Waals surface area contributed by atoms with Crippen molar-refractivity contribution >= 4 is 29.3 Å². The third-order valence-electron chi connectivity index (χ3n) is 5.54. The van der Waals surface area contributed by atoms with Gasteiger partial charge in [0.2, 0.25) is 5.91 Å². The minimum Gasteiger partial charge on any atom is -0.476 e. The fourth-order valence-corrected chi connectivity index (χ4v) is 4.66. The van der Waals surface area contributed by atoms with E-state index >= 15 is 0 Å². The molecule has 1 unspecified atom stereocenters. The second kappa shape index (κ2) is 10.3. The summed E-state index contributed by atoms with van der Waals surface area (Å²) >= 11 is 1.13. The van der Waals surface area contributed by atoms with Gasteiger partial charge in [-0.2, -0.15) is 0 Å². The zero-order valence-corrected chi connectivity index (χ0v) is 19.0. The van der Waals surface area contributed by atoms with E-state index in [1.165, 1.54) is 11.5 Å². The molecular formula is C25H23N3O5S. The molecule has 0 radical (unpaired) electrons. The Balaban J connectivity index is 1.35. The van der Waals surface area contributed by atoms with Crippen LogP contribution in [0, 0.1) is 0 Å². The zero-order chi connectivity index (χ0) is 24.1. The van der Waals surface area contributed by atoms with E-state index in [4.69, 9.17) is 9.84 Å². The van der Waals surface area contributed by atoms with Crippen LogP contribution in [-0.4, -0.2) is 40.7 Å². The minimum absolute atomic E-state index is 0.0524. The molecular weight excluding hydrogens is 454 g/mol. The molecule has 174 valence electrons. The molecule has 1 aliphatic carbocycles. The van der Waals surface area contributed by atoms with Crippen molar-refractivity contribution in [3.63, 3.8) is 0 Å². The van der Waals surface area contributed by atoms with Gasteiger partial charge in [-0.1, -0.05) is 54.6 Å². The number of carbonyl (C=O) groups excluding carboxylic acids is 2. The number of carboxylic acid groups (broad SMARTS) is 1. The van der Waals surface area contributed by atoms with Crippen molar-refractivity contribution in [1.29, 1.82) is 0 Å². The van der Waals surface area contributed by atoms with E-state index in [1.54, 1.807) is 0 Å². The van der Waals surface area contributed by atoms with Gasteiger partial charge in [0.1, 0.15) is 17.7 Å². The van der Waals surface area contributed by atoms with Crippen LogP contribution in [-0.2, 0) is 16.1 Å². The maximum absolute atomic E-state index is 12.6. The first-order valence-corrected chi connectivity index (χ1v) is 11.5. The van der Waals surface area contributed by atoms with Crippen LogP contribution >= 0.6 is 11.3 Å². The van der Waals surface area contributed by atoms with Crippen LogP contribution in [0.2, 0.25) is 0 Å². The summed E-state index contributed by atoms with van der Waals surface area (Å²) in [5.41, 5.74) is 4.38. The lowest BCUT2D eigenvalue weighted by atomic mass is 9.98. The maximum atomic E-state index is 12.6. The number of ether oxygens (including phenoxy) is 1. The minimum atomic E-state index is -1.13. The number of nitrogens with zero attached hydrogens (tertiary/aromatic N) is 1. The molecule has 0 fully saturated rings. The van der Waals surface area contributed by atoms with Crippen molar-refractivity contribution in [3.8, 4) is 11.1 Å². The highest BCUT2D eigenvalue weighted by Crippen LogP contribution is 2.44. The molecule has 0 spiro atoms. The van der Waals surface area contributed by atoms with Crippen LogP contribution in [0.15, 0.2) is 66.6 Å². The molecule has 1 aliphatic rings. The first-order valence-electron chi connectivity index (χ1n) is 10.7. The molecule has 1 heterocycles. The van der Waals surface area contributed by atoms with Crippen molar-refractivity contribution < 1.29 is 24.2 Å². The number of aromatic carboxylic acids is 1. The molecule has 0 saturated carbocycles. The average Bonchev–Trinajstić information content (AvgIpc) is 3.44. The smallest absolute Gasteiger partial charge is 0.407 e. The highest BCUT2D eigenvalue weighted by atomic mass is 32.1. The second-order valence-corrected chi connectivity index (χ2v) is 8.64. The monoisotopic (exact) mass is 477 g/mol. The molecule has 2 aromatic carbocycles. The molecule has 8 nitrogen and oxygen atoms in total. The number of hydrogen-bond donors (Lipinski definition) is 3. The van der Waals surface area contributed by atoms with Gasteiger partial charge in [0.15, 0.2) is 5.69 Å². The zero-order valence-electron chi connectivity index (χ0n) is 18.2. The Labute approximate surface area is 200 Å². The lowest BCUT2D eigenvalue weighted by Gasteiger charge is -2.18. The molecule has 3 N–H and O–H groups in total. The summed E-state index contributed by atoms with van der Waals surface area (Å²) in [4.78, 5) is 40.0. The van der Waals surface area contributed by atoms with Gasteiger partial charge in [0, 0.05) is 11.3 Å². The number of amides is 2. The number of nitrogens with one attached hydrogen (secondary N) is 2. The summed E-state index contributed by atoms with van der Waals surface area (Å²) in [6.07, 6.45) is 1.03. The number of carboxylic acids is 1. The van der Waals surface area contributed by atoms with Crippen molar-refractivity contribution in [2.24, 2.45) is 0 Å².